The maximum absolute atomic E-state index is 13.2. The van der Waals surface area contributed by atoms with Crippen molar-refractivity contribution in [2.24, 2.45) is 0 Å². The van der Waals surface area contributed by atoms with Gasteiger partial charge in [0, 0.05) is 18.2 Å². The number of benzene rings is 2. The van der Waals surface area contributed by atoms with E-state index < -0.39 is 40.1 Å². The maximum Gasteiger partial charge on any atom is 0.418 e. The molecule has 33 heavy (non-hydrogen) atoms. The first-order chi connectivity index (χ1) is 15.3. The van der Waals surface area contributed by atoms with Crippen LogP contribution in [0.25, 0.3) is 0 Å². The summed E-state index contributed by atoms with van der Waals surface area (Å²) in [4.78, 5) is 26.6. The lowest BCUT2D eigenvalue weighted by atomic mass is 10.1. The van der Waals surface area contributed by atoms with Crippen molar-refractivity contribution < 1.29 is 31.2 Å². The number of anilines is 2. The van der Waals surface area contributed by atoms with Crippen LogP contribution in [0.5, 0.6) is 0 Å². The third-order valence-electron chi connectivity index (χ3n) is 5.35. The molecule has 0 fully saturated rings. The highest BCUT2D eigenvalue weighted by molar-refractivity contribution is 7.92. The van der Waals surface area contributed by atoms with Gasteiger partial charge >= 0.3 is 6.18 Å². The average molecular weight is 484 g/mol. The summed E-state index contributed by atoms with van der Waals surface area (Å²) in [7, 11) is -3.47. The summed E-state index contributed by atoms with van der Waals surface area (Å²) in [6, 6.07) is 8.95. The summed E-state index contributed by atoms with van der Waals surface area (Å²) in [5.74, 6) is -1.25. The number of hydrogen-bond acceptors (Lipinski definition) is 4. The third-order valence-corrected chi connectivity index (χ3v) is 6.62. The highest BCUT2D eigenvalue weighted by Gasteiger charge is 2.34. The summed E-state index contributed by atoms with van der Waals surface area (Å²) in [5, 5.41) is 2.23. The molecule has 1 aliphatic heterocycles. The summed E-state index contributed by atoms with van der Waals surface area (Å²) in [6.45, 7) is 3.13. The number of sulfonamides is 1. The monoisotopic (exact) mass is 483 g/mol. The zero-order valence-corrected chi connectivity index (χ0v) is 19.1. The average Bonchev–Trinajstić information content (AvgIpc) is 3.06. The number of rotatable bonds is 6. The molecule has 2 amide bonds. The van der Waals surface area contributed by atoms with E-state index in [1.165, 1.54) is 27.4 Å². The number of hydrogen-bond donors (Lipinski definition) is 1. The smallest absolute Gasteiger partial charge is 0.330 e. The molecule has 2 aromatic carbocycles. The molecule has 0 saturated heterocycles. The number of carbonyl (C=O) groups excluding carboxylic acids is 2. The number of halogens is 3. The molecule has 0 saturated carbocycles. The molecule has 7 nitrogen and oxygen atoms in total. The van der Waals surface area contributed by atoms with Gasteiger partial charge in [0.2, 0.25) is 15.9 Å². The van der Waals surface area contributed by atoms with Crippen LogP contribution in [0.15, 0.2) is 42.5 Å². The number of para-hydroxylation sites is 1. The number of fused-ring (bicyclic) bond motifs is 1. The molecule has 0 spiro atoms. The molecule has 0 aliphatic carbocycles. The maximum atomic E-state index is 13.2. The molecule has 2 aromatic rings. The van der Waals surface area contributed by atoms with Gasteiger partial charge in [-0.1, -0.05) is 12.1 Å². The molecule has 0 bridgehead atoms. The Balaban J connectivity index is 1.77. The summed E-state index contributed by atoms with van der Waals surface area (Å²) >= 11 is 0. The molecular weight excluding hydrogens is 459 g/mol. The van der Waals surface area contributed by atoms with Gasteiger partial charge in [0.05, 0.1) is 23.2 Å². The SMILES string of the molecule is CCN(CC(=O)Nc1ccccc1C(F)(F)F)C(=O)c1ccc2c(c1)C[C@@H](C)N2S(C)(=O)=O. The van der Waals surface area contributed by atoms with E-state index >= 15 is 0 Å². The first-order valence-electron chi connectivity index (χ1n) is 10.2. The summed E-state index contributed by atoms with van der Waals surface area (Å²) in [6.07, 6.45) is -3.08. The molecule has 178 valence electrons. The van der Waals surface area contributed by atoms with E-state index in [4.69, 9.17) is 0 Å². The van der Waals surface area contributed by atoms with Crippen molar-refractivity contribution in [1.82, 2.24) is 4.90 Å². The standard InChI is InChI=1S/C22H24F3N3O4S/c1-4-27(13-20(29)26-18-8-6-5-7-17(18)22(23,24)25)21(30)15-9-10-19-16(12-15)11-14(2)28(19)33(3,31)32/h5-10,12,14H,4,11,13H2,1-3H3,(H,26,29)/t14-/m1/s1. The second-order valence-corrected chi connectivity index (χ2v) is 9.73. The largest absolute Gasteiger partial charge is 0.418 e. The van der Waals surface area contributed by atoms with Crippen LogP contribution in [-0.2, 0) is 27.4 Å². The van der Waals surface area contributed by atoms with E-state index in [9.17, 15) is 31.2 Å². The van der Waals surface area contributed by atoms with Crippen molar-refractivity contribution in [2.75, 3.05) is 29.0 Å². The van der Waals surface area contributed by atoms with Gasteiger partial charge < -0.3 is 10.2 Å². The molecular formula is C22H24F3N3O4S. The first-order valence-corrected chi connectivity index (χ1v) is 12.1. The Bertz CT molecular complexity index is 1180. The van der Waals surface area contributed by atoms with Crippen LogP contribution >= 0.6 is 0 Å². The van der Waals surface area contributed by atoms with E-state index in [1.54, 1.807) is 26.0 Å². The van der Waals surface area contributed by atoms with Gasteiger partial charge in [0.25, 0.3) is 5.91 Å². The number of nitrogens with one attached hydrogen (secondary N) is 1. The van der Waals surface area contributed by atoms with Crippen molar-refractivity contribution in [3.63, 3.8) is 0 Å². The number of alkyl halides is 3. The Kier molecular flexibility index (Phi) is 6.73. The molecule has 11 heteroatoms. The number of likely N-dealkylation sites (N-methyl/N-ethyl adjacent to an activating group) is 1. The normalized spacial score (nSPS) is 15.8. The van der Waals surface area contributed by atoms with Crippen molar-refractivity contribution in [1.29, 1.82) is 0 Å². The number of nitrogens with zero attached hydrogens (tertiary/aromatic N) is 2. The van der Waals surface area contributed by atoms with Gasteiger partial charge in [-0.25, -0.2) is 8.42 Å². The lowest BCUT2D eigenvalue weighted by Gasteiger charge is -2.23. The quantitative estimate of drug-likeness (QED) is 0.681. The molecule has 0 unspecified atom stereocenters. The summed E-state index contributed by atoms with van der Waals surface area (Å²) in [5.41, 5.74) is 0.105. The van der Waals surface area contributed by atoms with Gasteiger partial charge in [-0.3, -0.25) is 13.9 Å². The van der Waals surface area contributed by atoms with Crippen molar-refractivity contribution in [2.45, 2.75) is 32.5 Å². The van der Waals surface area contributed by atoms with Crippen LogP contribution in [0, 0.1) is 0 Å². The molecule has 3 rings (SSSR count). The Morgan fingerprint density at radius 3 is 2.45 bits per heavy atom. The Hall–Kier alpha value is -3.08. The minimum Gasteiger partial charge on any atom is -0.330 e. The second-order valence-electron chi connectivity index (χ2n) is 7.87. The van der Waals surface area contributed by atoms with E-state index in [1.807, 2.05) is 0 Å². The van der Waals surface area contributed by atoms with Gasteiger partial charge in [-0.15, -0.1) is 0 Å². The van der Waals surface area contributed by atoms with Gasteiger partial charge in [0.15, 0.2) is 0 Å². The van der Waals surface area contributed by atoms with Crippen molar-refractivity contribution >= 4 is 33.2 Å². The topological polar surface area (TPSA) is 86.8 Å². The number of carbonyl (C=O) groups is 2. The van der Waals surface area contributed by atoms with Crippen LogP contribution in [-0.4, -0.2) is 50.5 Å². The van der Waals surface area contributed by atoms with E-state index in [-0.39, 0.29) is 23.8 Å². The zero-order chi connectivity index (χ0) is 24.6. The van der Waals surface area contributed by atoms with Crippen molar-refractivity contribution in [3.05, 3.63) is 59.2 Å². The molecule has 0 aromatic heterocycles. The molecule has 1 atom stereocenters. The van der Waals surface area contributed by atoms with Crippen LogP contribution in [0.3, 0.4) is 0 Å². The van der Waals surface area contributed by atoms with E-state index in [0.29, 0.717) is 17.7 Å². The lowest BCUT2D eigenvalue weighted by molar-refractivity contribution is -0.137. The van der Waals surface area contributed by atoms with E-state index in [0.717, 1.165) is 18.4 Å². The molecule has 0 radical (unpaired) electrons. The van der Waals surface area contributed by atoms with Crippen LogP contribution < -0.4 is 9.62 Å². The van der Waals surface area contributed by atoms with Gasteiger partial charge in [-0.2, -0.15) is 13.2 Å². The summed E-state index contributed by atoms with van der Waals surface area (Å²) < 4.78 is 64.9. The van der Waals surface area contributed by atoms with Crippen LogP contribution in [0.2, 0.25) is 0 Å². The van der Waals surface area contributed by atoms with Gasteiger partial charge in [0.1, 0.15) is 6.54 Å². The van der Waals surface area contributed by atoms with E-state index in [2.05, 4.69) is 5.32 Å². The first kappa shape index (κ1) is 24.6. The van der Waals surface area contributed by atoms with Gasteiger partial charge in [-0.05, 0) is 56.2 Å². The zero-order valence-electron chi connectivity index (χ0n) is 18.3. The van der Waals surface area contributed by atoms with Crippen molar-refractivity contribution in [3.8, 4) is 0 Å². The van der Waals surface area contributed by atoms with Crippen LogP contribution in [0.1, 0.15) is 35.3 Å². The number of amides is 2. The molecule has 1 N–H and O–H groups in total. The molecule has 1 heterocycles. The lowest BCUT2D eigenvalue weighted by Crippen LogP contribution is -2.38. The minimum atomic E-state index is -4.63. The molecule has 1 aliphatic rings. The second kappa shape index (κ2) is 9.05. The fourth-order valence-corrected chi connectivity index (χ4v) is 5.22. The predicted molar refractivity (Wildman–Crippen MR) is 119 cm³/mol. The van der Waals surface area contributed by atoms with Crippen LogP contribution in [0.4, 0.5) is 24.5 Å². The Morgan fingerprint density at radius 1 is 1.18 bits per heavy atom. The fraction of sp³-hybridized carbons (Fsp3) is 0.364. The highest BCUT2D eigenvalue weighted by atomic mass is 32.2. The fourth-order valence-electron chi connectivity index (χ4n) is 3.95. The minimum absolute atomic E-state index is 0.149. The Labute approximate surface area is 190 Å². The Morgan fingerprint density at radius 2 is 1.85 bits per heavy atom. The highest BCUT2D eigenvalue weighted by Crippen LogP contribution is 2.36. The third kappa shape index (κ3) is 5.29. The predicted octanol–water partition coefficient (Wildman–Crippen LogP) is 3.52.